The van der Waals surface area contributed by atoms with Crippen LogP contribution >= 0.6 is 0 Å². The van der Waals surface area contributed by atoms with Crippen molar-refractivity contribution in [3.05, 3.63) is 48.4 Å². The Hall–Kier alpha value is -3.27. The number of methoxy groups -OCH3 is 2. The fourth-order valence-corrected chi connectivity index (χ4v) is 2.86. The molecule has 0 saturated carbocycles. The summed E-state index contributed by atoms with van der Waals surface area (Å²) in [5.41, 5.74) is 0.421. The highest BCUT2D eigenvalue weighted by molar-refractivity contribution is 5.88. The van der Waals surface area contributed by atoms with E-state index in [2.05, 4.69) is 15.0 Å². The van der Waals surface area contributed by atoms with Crippen molar-refractivity contribution in [1.29, 1.82) is 0 Å². The van der Waals surface area contributed by atoms with Gasteiger partial charge in [0.1, 0.15) is 5.75 Å². The van der Waals surface area contributed by atoms with E-state index in [0.29, 0.717) is 22.4 Å². The summed E-state index contributed by atoms with van der Waals surface area (Å²) < 4.78 is 74.4. The Balaban J connectivity index is 1.89. The van der Waals surface area contributed by atoms with Gasteiger partial charge in [0.05, 0.1) is 19.7 Å². The summed E-state index contributed by atoms with van der Waals surface area (Å²) in [6, 6.07) is 8.22. The van der Waals surface area contributed by atoms with Gasteiger partial charge in [-0.15, -0.1) is 0 Å². The van der Waals surface area contributed by atoms with Gasteiger partial charge in [0.15, 0.2) is 23.1 Å². The molecule has 0 aliphatic carbocycles. The average Bonchev–Trinajstić information content (AvgIpc) is 2.73. The second-order valence-corrected chi connectivity index (χ2v) is 6.30. The number of fused-ring (bicyclic) bond motifs is 1. The Morgan fingerprint density at radius 1 is 0.968 bits per heavy atom. The van der Waals surface area contributed by atoms with E-state index in [1.165, 1.54) is 45.5 Å². The molecule has 166 valence electrons. The number of aromatic nitrogens is 1. The zero-order chi connectivity index (χ0) is 22.6. The largest absolute Gasteiger partial charge is 0.493 e. The van der Waals surface area contributed by atoms with Crippen molar-refractivity contribution in [1.82, 2.24) is 4.98 Å². The zero-order valence-electron chi connectivity index (χ0n) is 16.9. The Morgan fingerprint density at radius 2 is 1.68 bits per heavy atom. The van der Waals surface area contributed by atoms with Gasteiger partial charge in [0.25, 0.3) is 0 Å². The van der Waals surface area contributed by atoms with Crippen LogP contribution in [0.5, 0.6) is 23.0 Å². The van der Waals surface area contributed by atoms with Gasteiger partial charge in [0, 0.05) is 36.0 Å². The molecule has 6 nitrogen and oxygen atoms in total. The Kier molecular flexibility index (Phi) is 6.69. The molecular formula is C21H20F4N2O4. The summed E-state index contributed by atoms with van der Waals surface area (Å²) in [6.45, 7) is 1.27. The van der Waals surface area contributed by atoms with E-state index in [1.54, 1.807) is 12.1 Å². The maximum Gasteiger partial charge on any atom is 0.433 e. The highest BCUT2D eigenvalue weighted by Gasteiger charge is 2.40. The summed E-state index contributed by atoms with van der Waals surface area (Å²) in [6.07, 6.45) is -5.43. The van der Waals surface area contributed by atoms with Gasteiger partial charge in [-0.1, -0.05) is 0 Å². The summed E-state index contributed by atoms with van der Waals surface area (Å²) in [4.78, 5) is 4.24. The SMILES string of the molecule is CCOC(Nc1ccc(Oc2ccnc3cc(OC)c(OC)cc23)c(F)c1)C(F)(F)F. The van der Waals surface area contributed by atoms with Crippen molar-refractivity contribution in [3.63, 3.8) is 0 Å². The lowest BCUT2D eigenvalue weighted by Crippen LogP contribution is -2.38. The van der Waals surface area contributed by atoms with E-state index in [9.17, 15) is 17.6 Å². The van der Waals surface area contributed by atoms with Crippen LogP contribution in [0.15, 0.2) is 42.6 Å². The molecular weight excluding hydrogens is 420 g/mol. The molecule has 1 aromatic heterocycles. The number of ether oxygens (including phenoxy) is 4. The first kappa shape index (κ1) is 22.4. The molecule has 1 unspecified atom stereocenters. The smallest absolute Gasteiger partial charge is 0.433 e. The number of pyridine rings is 1. The average molecular weight is 440 g/mol. The molecule has 1 atom stereocenters. The third kappa shape index (κ3) is 5.08. The van der Waals surface area contributed by atoms with Gasteiger partial charge in [-0.2, -0.15) is 13.2 Å². The molecule has 0 amide bonds. The number of halogens is 4. The van der Waals surface area contributed by atoms with E-state index < -0.39 is 18.2 Å². The lowest BCUT2D eigenvalue weighted by molar-refractivity contribution is -0.209. The predicted molar refractivity (Wildman–Crippen MR) is 106 cm³/mol. The molecule has 31 heavy (non-hydrogen) atoms. The molecule has 10 heteroatoms. The summed E-state index contributed by atoms with van der Waals surface area (Å²) in [5.74, 6) is 0.158. The fourth-order valence-electron chi connectivity index (χ4n) is 2.86. The molecule has 0 bridgehead atoms. The first-order valence-electron chi connectivity index (χ1n) is 9.19. The minimum Gasteiger partial charge on any atom is -0.493 e. The minimum absolute atomic E-state index is 0.105. The van der Waals surface area contributed by atoms with Gasteiger partial charge in [0.2, 0.25) is 6.23 Å². The van der Waals surface area contributed by atoms with E-state index in [1.807, 2.05) is 0 Å². The lowest BCUT2D eigenvalue weighted by atomic mass is 10.2. The third-order valence-corrected chi connectivity index (χ3v) is 4.29. The van der Waals surface area contributed by atoms with E-state index in [4.69, 9.17) is 14.2 Å². The third-order valence-electron chi connectivity index (χ3n) is 4.29. The van der Waals surface area contributed by atoms with Crippen molar-refractivity contribution < 1.29 is 36.5 Å². The first-order valence-corrected chi connectivity index (χ1v) is 9.19. The van der Waals surface area contributed by atoms with Gasteiger partial charge in [-0.05, 0) is 31.2 Å². The monoisotopic (exact) mass is 440 g/mol. The summed E-state index contributed by atoms with van der Waals surface area (Å²) >= 11 is 0. The highest BCUT2D eigenvalue weighted by atomic mass is 19.4. The number of benzene rings is 2. The van der Waals surface area contributed by atoms with Crippen LogP contribution in [0, 0.1) is 5.82 Å². The molecule has 0 fully saturated rings. The quantitative estimate of drug-likeness (QED) is 0.368. The van der Waals surface area contributed by atoms with Crippen LogP contribution in [0.25, 0.3) is 10.9 Å². The second-order valence-electron chi connectivity index (χ2n) is 6.30. The van der Waals surface area contributed by atoms with Gasteiger partial charge in [-0.3, -0.25) is 4.98 Å². The van der Waals surface area contributed by atoms with Crippen molar-refractivity contribution in [2.75, 3.05) is 26.1 Å². The van der Waals surface area contributed by atoms with E-state index in [-0.39, 0.29) is 23.8 Å². The number of nitrogens with zero attached hydrogens (tertiary/aromatic N) is 1. The summed E-state index contributed by atoms with van der Waals surface area (Å²) in [7, 11) is 2.96. The topological polar surface area (TPSA) is 61.8 Å². The molecule has 0 saturated heterocycles. The number of nitrogens with one attached hydrogen (secondary N) is 1. The van der Waals surface area contributed by atoms with Crippen LogP contribution in [0.3, 0.4) is 0 Å². The molecule has 3 rings (SSSR count). The van der Waals surface area contributed by atoms with Crippen LogP contribution in [-0.2, 0) is 4.74 Å². The molecule has 0 spiro atoms. The normalized spacial score (nSPS) is 12.5. The molecule has 0 aliphatic heterocycles. The van der Waals surface area contributed by atoms with Crippen molar-refractivity contribution in [2.45, 2.75) is 19.3 Å². The highest BCUT2D eigenvalue weighted by Crippen LogP contribution is 2.37. The van der Waals surface area contributed by atoms with Gasteiger partial charge < -0.3 is 24.3 Å². The maximum absolute atomic E-state index is 14.6. The lowest BCUT2D eigenvalue weighted by Gasteiger charge is -2.22. The van der Waals surface area contributed by atoms with Crippen LogP contribution in [0.2, 0.25) is 0 Å². The molecule has 0 aliphatic rings. The minimum atomic E-state index is -4.66. The molecule has 1 N–H and O–H groups in total. The van der Waals surface area contributed by atoms with Crippen molar-refractivity contribution >= 4 is 16.6 Å². The van der Waals surface area contributed by atoms with Crippen LogP contribution in [0.1, 0.15) is 6.92 Å². The second kappa shape index (κ2) is 9.25. The Labute approximate surface area is 175 Å². The van der Waals surface area contributed by atoms with Crippen molar-refractivity contribution in [3.8, 4) is 23.0 Å². The van der Waals surface area contributed by atoms with Crippen LogP contribution in [-0.4, -0.2) is 38.2 Å². The van der Waals surface area contributed by atoms with E-state index >= 15 is 0 Å². The van der Waals surface area contributed by atoms with Crippen molar-refractivity contribution in [2.24, 2.45) is 0 Å². The van der Waals surface area contributed by atoms with Crippen LogP contribution < -0.4 is 19.5 Å². The molecule has 3 aromatic rings. The Bertz CT molecular complexity index is 1060. The predicted octanol–water partition coefficient (Wildman–Crippen LogP) is 5.52. The number of anilines is 1. The molecule has 0 radical (unpaired) electrons. The maximum atomic E-state index is 14.6. The van der Waals surface area contributed by atoms with E-state index in [0.717, 1.165) is 6.07 Å². The fraction of sp³-hybridized carbons (Fsp3) is 0.286. The number of alkyl halides is 3. The molecule has 2 aromatic carbocycles. The van der Waals surface area contributed by atoms with Gasteiger partial charge >= 0.3 is 6.18 Å². The van der Waals surface area contributed by atoms with Crippen LogP contribution in [0.4, 0.5) is 23.2 Å². The standard InChI is InChI=1S/C21H20F4N2O4/c1-4-30-20(21(23,24)25)27-12-5-6-17(14(22)9-12)31-16-7-8-26-15-11-19(29-3)18(28-2)10-13(15)16/h5-11,20,27H,4H2,1-3H3. The Morgan fingerprint density at radius 3 is 2.29 bits per heavy atom. The number of hydrogen-bond acceptors (Lipinski definition) is 6. The van der Waals surface area contributed by atoms with Gasteiger partial charge in [-0.25, -0.2) is 4.39 Å². The number of hydrogen-bond donors (Lipinski definition) is 1. The zero-order valence-corrected chi connectivity index (χ0v) is 16.9. The number of rotatable bonds is 8. The summed E-state index contributed by atoms with van der Waals surface area (Å²) in [5, 5.41) is 2.66. The first-order chi connectivity index (χ1) is 14.8. The molecule has 1 heterocycles.